The third-order valence-corrected chi connectivity index (χ3v) is 10.1. The van der Waals surface area contributed by atoms with Crippen LogP contribution >= 0.6 is 0 Å². The zero-order valence-electron chi connectivity index (χ0n) is 36.6. The van der Waals surface area contributed by atoms with Crippen molar-refractivity contribution in [2.75, 3.05) is 127 Å². The van der Waals surface area contributed by atoms with E-state index < -0.39 is 0 Å². The van der Waals surface area contributed by atoms with Gasteiger partial charge in [0.05, 0.1) is 0 Å². The average Bonchev–Trinajstić information content (AvgIpc) is 3.20. The Balaban J connectivity index is 0.000000540. The Morgan fingerprint density at radius 3 is 0.407 bits per heavy atom. The number of hydrogen-bond acceptors (Lipinski definition) is 24. The van der Waals surface area contributed by atoms with Crippen molar-refractivity contribution < 1.29 is 0 Å². The van der Waals surface area contributed by atoms with E-state index >= 15 is 0 Å². The standard InChI is InChI=1S/2C9H36B6N12/c2*1-16-10(17-2)25(7)13-22-14(26(8)11(18-3)19-4)24-15(23-13)27(9)12(20-5)21-6/h2*16-24H,1-9H3. The summed E-state index contributed by atoms with van der Waals surface area (Å²) in [6, 6.07) is 0. The topological polar surface area (TPSA) is 236 Å². The van der Waals surface area contributed by atoms with Gasteiger partial charge in [-0.3, -0.25) is 0 Å². The predicted molar refractivity (Wildman–Crippen MR) is 243 cm³/mol. The van der Waals surface area contributed by atoms with Crippen molar-refractivity contribution in [2.45, 2.75) is 0 Å². The molecule has 2 aliphatic heterocycles. The van der Waals surface area contributed by atoms with E-state index in [1.165, 1.54) is 0 Å². The first-order chi connectivity index (χ1) is 25.7. The second kappa shape index (κ2) is 27.5. The number of nitrogens with zero attached hydrogens (tertiary/aromatic N) is 6. The summed E-state index contributed by atoms with van der Waals surface area (Å²) in [6.07, 6.45) is 0. The molecule has 0 unspecified atom stereocenters. The maximum Gasteiger partial charge on any atom is 0.387 e. The molecule has 0 bridgehead atoms. The highest BCUT2D eigenvalue weighted by Crippen LogP contribution is 2.01. The van der Waals surface area contributed by atoms with Gasteiger partial charge in [-0.2, -0.15) is 0 Å². The van der Waals surface area contributed by atoms with E-state index in [0.29, 0.717) is 0 Å². The van der Waals surface area contributed by atoms with E-state index in [1.807, 2.05) is 84.6 Å². The molecule has 0 aromatic heterocycles. The molecule has 24 nitrogen and oxygen atoms in total. The van der Waals surface area contributed by atoms with E-state index in [0.717, 1.165) is 0 Å². The largest absolute Gasteiger partial charge is 0.387 e. The van der Waals surface area contributed by atoms with Crippen molar-refractivity contribution in [1.82, 2.24) is 122 Å². The summed E-state index contributed by atoms with van der Waals surface area (Å²) in [5.41, 5.74) is 0. The minimum atomic E-state index is -0.0835. The summed E-state index contributed by atoms with van der Waals surface area (Å²) in [4.78, 5) is 0. The molecule has 2 fully saturated rings. The summed E-state index contributed by atoms with van der Waals surface area (Å²) >= 11 is 0. The molecule has 2 saturated heterocycles. The van der Waals surface area contributed by atoms with Gasteiger partial charge in [-0.05, 0) is 127 Å². The number of rotatable bonds is 24. The van der Waals surface area contributed by atoms with E-state index in [4.69, 9.17) is 0 Å². The Morgan fingerprint density at radius 2 is 0.333 bits per heavy atom. The predicted octanol–water partition coefficient (Wildman–Crippen LogP) is -12.4. The van der Waals surface area contributed by atoms with Crippen LogP contribution in [0.15, 0.2) is 0 Å². The molecule has 300 valence electrons. The van der Waals surface area contributed by atoms with Gasteiger partial charge in [0.15, 0.2) is 0 Å². The van der Waals surface area contributed by atoms with Crippen molar-refractivity contribution in [1.29, 1.82) is 0 Å². The summed E-state index contributed by atoms with van der Waals surface area (Å²) in [6.45, 7) is 0. The van der Waals surface area contributed by atoms with Gasteiger partial charge in [-0.15, -0.1) is 0 Å². The Labute approximate surface area is 333 Å². The normalized spacial score (nSPS) is 15.3. The molecule has 0 radical (unpaired) electrons. The number of hydrogen-bond donors (Lipinski definition) is 18. The molecule has 2 heterocycles. The Morgan fingerprint density at radius 1 is 0.241 bits per heavy atom. The van der Waals surface area contributed by atoms with Crippen LogP contribution in [0.4, 0.5) is 0 Å². The van der Waals surface area contributed by atoms with Crippen LogP contribution in [0.1, 0.15) is 0 Å². The third-order valence-electron chi connectivity index (χ3n) is 10.1. The molecular formula is C18H72B12N24. The van der Waals surface area contributed by atoms with Crippen molar-refractivity contribution in [3.8, 4) is 0 Å². The quantitative estimate of drug-likeness (QED) is 0.0410. The van der Waals surface area contributed by atoms with Crippen molar-refractivity contribution in [2.24, 2.45) is 0 Å². The minimum Gasteiger partial charge on any atom is -0.343 e. The van der Waals surface area contributed by atoms with Crippen LogP contribution in [0.25, 0.3) is 0 Å². The molecule has 0 amide bonds. The molecule has 54 heavy (non-hydrogen) atoms. The highest BCUT2D eigenvalue weighted by Gasteiger charge is 2.48. The number of nitrogens with one attached hydrogen (secondary N) is 18. The molecule has 0 saturated carbocycles. The summed E-state index contributed by atoms with van der Waals surface area (Å²) in [5, 5.41) is 60.9. The Hall–Kier alpha value is -0.181. The van der Waals surface area contributed by atoms with E-state index in [1.54, 1.807) is 0 Å². The van der Waals surface area contributed by atoms with Crippen LogP contribution in [0.5, 0.6) is 0 Å². The minimum absolute atomic E-state index is 0.0128. The van der Waals surface area contributed by atoms with Gasteiger partial charge in [-0.1, -0.05) is 0 Å². The van der Waals surface area contributed by atoms with Crippen LogP contribution in [0.2, 0.25) is 0 Å². The maximum atomic E-state index is 3.61. The summed E-state index contributed by atoms with van der Waals surface area (Å²) < 4.78 is 13.0. The third kappa shape index (κ3) is 14.6. The summed E-state index contributed by atoms with van der Waals surface area (Å²) in [5.74, 6) is 0. The SMILES string of the molecule is CNB(NC)N(C)B1NB(N(C)B(NC)NC)NB(N(C)B(NC)NC)N1.CNB(NC)N(C)B1NB(N(C)B(NC)NC)NB(N(C)B(NC)NC)N1. The molecule has 36 heteroatoms. The summed E-state index contributed by atoms with van der Waals surface area (Å²) in [7, 11) is 35.1. The lowest BCUT2D eigenvalue weighted by Gasteiger charge is -2.44. The highest BCUT2D eigenvalue weighted by molar-refractivity contribution is 6.92. The first kappa shape index (κ1) is 51.8. The van der Waals surface area contributed by atoms with Gasteiger partial charge in [0.1, 0.15) is 0 Å². The molecule has 0 aromatic carbocycles. The molecule has 2 rings (SSSR count). The fourth-order valence-electron chi connectivity index (χ4n) is 6.80. The molecule has 0 aromatic rings. The lowest BCUT2D eigenvalue weighted by atomic mass is 9.55. The van der Waals surface area contributed by atoms with Gasteiger partial charge in [-0.25, -0.2) is 0 Å². The van der Waals surface area contributed by atoms with E-state index in [9.17, 15) is 0 Å². The fourth-order valence-corrected chi connectivity index (χ4v) is 6.80. The zero-order chi connectivity index (χ0) is 41.1. The second-order valence-electron chi connectivity index (χ2n) is 13.3. The van der Waals surface area contributed by atoms with Crippen LogP contribution < -0.4 is 93.6 Å². The molecular weight excluding hydrogens is 682 g/mol. The lowest BCUT2D eigenvalue weighted by molar-refractivity contribution is 0.649. The monoisotopic (exact) mass is 757 g/mol. The van der Waals surface area contributed by atoms with Gasteiger partial charge in [0.2, 0.25) is 0 Å². The molecule has 18 N–H and O–H groups in total. The Kier molecular flexibility index (Phi) is 26.4. The highest BCUT2D eigenvalue weighted by atomic mass is 15.4. The van der Waals surface area contributed by atoms with Crippen LogP contribution in [-0.4, -0.2) is 241 Å². The van der Waals surface area contributed by atoms with Gasteiger partial charge < -0.3 is 122 Å². The van der Waals surface area contributed by atoms with Crippen LogP contribution in [-0.2, 0) is 0 Å². The van der Waals surface area contributed by atoms with Gasteiger partial charge in [0.25, 0.3) is 0 Å². The molecule has 0 spiro atoms. The van der Waals surface area contributed by atoms with Gasteiger partial charge >= 0.3 is 85.4 Å². The van der Waals surface area contributed by atoms with E-state index in [2.05, 4.69) is 164 Å². The van der Waals surface area contributed by atoms with Crippen LogP contribution in [0, 0.1) is 0 Å². The maximum absolute atomic E-state index is 3.61. The van der Waals surface area contributed by atoms with Crippen molar-refractivity contribution >= 4 is 85.4 Å². The fraction of sp³-hybridized carbons (Fsp3) is 1.00. The van der Waals surface area contributed by atoms with E-state index in [-0.39, 0.29) is 85.4 Å². The molecule has 0 atom stereocenters. The van der Waals surface area contributed by atoms with Crippen LogP contribution in [0.3, 0.4) is 0 Å². The Bertz CT molecular complexity index is 749. The average molecular weight is 755 g/mol. The van der Waals surface area contributed by atoms with Crippen molar-refractivity contribution in [3.63, 3.8) is 0 Å². The molecule has 2 aliphatic rings. The lowest BCUT2D eigenvalue weighted by Crippen LogP contribution is -2.89. The van der Waals surface area contributed by atoms with Crippen molar-refractivity contribution in [3.05, 3.63) is 0 Å². The smallest absolute Gasteiger partial charge is 0.343 e. The second-order valence-corrected chi connectivity index (χ2v) is 13.3. The first-order valence-corrected chi connectivity index (χ1v) is 18.7. The zero-order valence-corrected chi connectivity index (χ0v) is 36.6. The first-order valence-electron chi connectivity index (χ1n) is 18.7. The van der Waals surface area contributed by atoms with Gasteiger partial charge in [0, 0.05) is 0 Å². The molecule has 0 aliphatic carbocycles.